The summed E-state index contributed by atoms with van der Waals surface area (Å²) >= 11 is 0. The van der Waals surface area contributed by atoms with E-state index in [4.69, 9.17) is 9.31 Å². The van der Waals surface area contributed by atoms with Crippen molar-refractivity contribution in [3.8, 4) is 0 Å². The summed E-state index contributed by atoms with van der Waals surface area (Å²) in [6, 6.07) is 24.9. The second kappa shape index (κ2) is 8.72. The third kappa shape index (κ3) is 4.26. The molecule has 3 nitrogen and oxygen atoms in total. The molecule has 3 aromatic carbocycles. The van der Waals surface area contributed by atoms with Crippen LogP contribution < -0.4 is 10.6 Å². The SMILES string of the molecule is C=C(B1OC(C)(C)C(C)(C)O1)C(c1ccc(F)cc1)P(=O)(c1ccccc1)c1ccccc1. The van der Waals surface area contributed by atoms with Crippen molar-refractivity contribution in [3.05, 3.63) is 108 Å². The first-order valence-corrected chi connectivity index (χ1v) is 12.8. The van der Waals surface area contributed by atoms with Gasteiger partial charge in [0.15, 0.2) is 7.14 Å². The molecule has 1 saturated heterocycles. The van der Waals surface area contributed by atoms with Crippen LogP contribution in [0, 0.1) is 5.82 Å². The standard InChI is InChI=1S/C27H29BFO3P/c1-20(28-31-26(2,3)27(4,5)32-28)25(21-16-18-22(29)19-17-21)33(30,23-12-8-6-9-13-23)24-14-10-7-11-15-24/h6-19,25H,1H2,2-5H3. The number of halogens is 1. The van der Waals surface area contributed by atoms with Gasteiger partial charge in [0.05, 0.1) is 16.9 Å². The van der Waals surface area contributed by atoms with Crippen molar-refractivity contribution in [3.63, 3.8) is 0 Å². The van der Waals surface area contributed by atoms with Gasteiger partial charge in [-0.05, 0) is 50.9 Å². The largest absolute Gasteiger partial charge is 0.491 e. The van der Waals surface area contributed by atoms with E-state index in [1.165, 1.54) is 12.1 Å². The van der Waals surface area contributed by atoms with Crippen molar-refractivity contribution in [1.82, 2.24) is 0 Å². The maximum atomic E-state index is 15.3. The van der Waals surface area contributed by atoms with Gasteiger partial charge >= 0.3 is 7.12 Å². The molecule has 1 heterocycles. The molecule has 1 unspecified atom stereocenters. The molecule has 0 N–H and O–H groups in total. The quantitative estimate of drug-likeness (QED) is 0.330. The first-order valence-electron chi connectivity index (χ1n) is 11.1. The Morgan fingerprint density at radius 1 is 0.818 bits per heavy atom. The zero-order valence-corrected chi connectivity index (χ0v) is 20.4. The summed E-state index contributed by atoms with van der Waals surface area (Å²) in [6.45, 7) is 12.3. The summed E-state index contributed by atoms with van der Waals surface area (Å²) in [5.41, 5.74) is -0.560. The van der Waals surface area contributed by atoms with Gasteiger partial charge in [-0.1, -0.05) is 72.8 Å². The average molecular weight is 462 g/mol. The molecule has 0 aromatic heterocycles. The highest BCUT2D eigenvalue weighted by Gasteiger charge is 2.55. The van der Waals surface area contributed by atoms with E-state index < -0.39 is 31.1 Å². The first kappa shape index (κ1) is 23.7. The minimum absolute atomic E-state index is 0.354. The predicted molar refractivity (Wildman–Crippen MR) is 134 cm³/mol. The molecule has 0 radical (unpaired) electrons. The predicted octanol–water partition coefficient (Wildman–Crippen LogP) is 6.07. The van der Waals surface area contributed by atoms with Crippen molar-refractivity contribution in [2.75, 3.05) is 0 Å². The Hall–Kier alpha value is -2.46. The van der Waals surface area contributed by atoms with E-state index in [1.807, 2.05) is 88.4 Å². The fourth-order valence-electron chi connectivity index (χ4n) is 4.17. The molecule has 0 bridgehead atoms. The molecule has 3 aromatic rings. The average Bonchev–Trinajstić information content (AvgIpc) is 3.03. The van der Waals surface area contributed by atoms with Gasteiger partial charge in [-0.15, -0.1) is 6.58 Å². The van der Waals surface area contributed by atoms with Crippen LogP contribution in [0.3, 0.4) is 0 Å². The van der Waals surface area contributed by atoms with Crippen LogP contribution in [0.1, 0.15) is 38.9 Å². The zero-order valence-electron chi connectivity index (χ0n) is 19.5. The van der Waals surface area contributed by atoms with Crippen LogP contribution in [0.25, 0.3) is 0 Å². The number of benzene rings is 3. The van der Waals surface area contributed by atoms with Crippen molar-refractivity contribution in [1.29, 1.82) is 0 Å². The van der Waals surface area contributed by atoms with Crippen LogP contribution >= 0.6 is 7.14 Å². The number of hydrogen-bond acceptors (Lipinski definition) is 3. The molecule has 1 aliphatic heterocycles. The van der Waals surface area contributed by atoms with Gasteiger partial charge in [0.25, 0.3) is 0 Å². The van der Waals surface area contributed by atoms with Crippen LogP contribution in [0.15, 0.2) is 97.0 Å². The summed E-state index contributed by atoms with van der Waals surface area (Å²) in [7, 11) is -4.10. The fraction of sp³-hybridized carbons (Fsp3) is 0.259. The molecule has 33 heavy (non-hydrogen) atoms. The zero-order chi connectivity index (χ0) is 23.9. The normalized spacial score (nSPS) is 18.2. The van der Waals surface area contributed by atoms with Crippen LogP contribution in [0.5, 0.6) is 0 Å². The lowest BCUT2D eigenvalue weighted by Gasteiger charge is -2.32. The topological polar surface area (TPSA) is 35.5 Å². The summed E-state index contributed by atoms with van der Waals surface area (Å²) < 4.78 is 41.7. The van der Waals surface area contributed by atoms with Crippen LogP contribution in [-0.2, 0) is 13.9 Å². The Balaban J connectivity index is 1.92. The van der Waals surface area contributed by atoms with E-state index in [2.05, 4.69) is 6.58 Å². The molecule has 4 rings (SSSR count). The minimum atomic E-state index is -3.35. The highest BCUT2D eigenvalue weighted by Crippen LogP contribution is 2.61. The van der Waals surface area contributed by atoms with Crippen LogP contribution in [0.4, 0.5) is 4.39 Å². The third-order valence-electron chi connectivity index (χ3n) is 6.74. The molecule has 0 aliphatic carbocycles. The molecule has 1 fully saturated rings. The highest BCUT2D eigenvalue weighted by molar-refractivity contribution is 7.79. The maximum Gasteiger partial charge on any atom is 0.491 e. The molecule has 1 aliphatic rings. The first-order chi connectivity index (χ1) is 15.6. The van der Waals surface area contributed by atoms with Gasteiger partial charge in [-0.3, -0.25) is 0 Å². The lowest BCUT2D eigenvalue weighted by Crippen LogP contribution is -2.41. The van der Waals surface area contributed by atoms with E-state index in [0.717, 1.165) is 0 Å². The summed E-state index contributed by atoms with van der Waals surface area (Å²) in [4.78, 5) is 0. The van der Waals surface area contributed by atoms with Gasteiger partial charge in [-0.25, -0.2) is 4.39 Å². The molecule has 170 valence electrons. The van der Waals surface area contributed by atoms with Gasteiger partial charge < -0.3 is 13.9 Å². The molecule has 0 saturated carbocycles. The summed E-state index contributed by atoms with van der Waals surface area (Å²) in [6.07, 6.45) is 0. The fourth-order valence-corrected chi connectivity index (χ4v) is 7.48. The summed E-state index contributed by atoms with van der Waals surface area (Å²) in [5, 5.41) is 1.39. The monoisotopic (exact) mass is 462 g/mol. The Morgan fingerprint density at radius 2 is 1.24 bits per heavy atom. The van der Waals surface area contributed by atoms with Crippen LogP contribution in [0.2, 0.25) is 0 Å². The molecular weight excluding hydrogens is 433 g/mol. The van der Waals surface area contributed by atoms with E-state index >= 15 is 4.57 Å². The van der Waals surface area contributed by atoms with Crippen molar-refractivity contribution >= 4 is 24.9 Å². The molecule has 1 atom stereocenters. The second-order valence-corrected chi connectivity index (χ2v) is 12.3. The maximum absolute atomic E-state index is 15.3. The lowest BCUT2D eigenvalue weighted by atomic mass is 9.75. The molecule has 0 amide bonds. The van der Waals surface area contributed by atoms with Crippen molar-refractivity contribution < 1.29 is 18.3 Å². The van der Waals surface area contributed by atoms with Crippen molar-refractivity contribution in [2.24, 2.45) is 0 Å². The number of allylic oxidation sites excluding steroid dienone is 1. The van der Waals surface area contributed by atoms with Crippen LogP contribution in [-0.4, -0.2) is 18.3 Å². The number of rotatable bonds is 6. The number of hydrogen-bond donors (Lipinski definition) is 0. The second-order valence-electron chi connectivity index (χ2n) is 9.45. The Labute approximate surface area is 196 Å². The Kier molecular flexibility index (Phi) is 6.26. The van der Waals surface area contributed by atoms with E-state index in [9.17, 15) is 4.39 Å². The smallest absolute Gasteiger partial charge is 0.400 e. The summed E-state index contributed by atoms with van der Waals surface area (Å²) in [5.74, 6) is -0.354. The lowest BCUT2D eigenvalue weighted by molar-refractivity contribution is 0.00578. The Bertz CT molecular complexity index is 1120. The van der Waals surface area contributed by atoms with E-state index in [0.29, 0.717) is 21.6 Å². The highest BCUT2D eigenvalue weighted by atomic mass is 31.2. The van der Waals surface area contributed by atoms with Gasteiger partial charge in [0.1, 0.15) is 5.82 Å². The minimum Gasteiger partial charge on any atom is -0.400 e. The van der Waals surface area contributed by atoms with Crippen molar-refractivity contribution in [2.45, 2.75) is 44.6 Å². The van der Waals surface area contributed by atoms with E-state index in [-0.39, 0.29) is 5.82 Å². The Morgan fingerprint density at radius 3 is 1.67 bits per heavy atom. The van der Waals surface area contributed by atoms with Gasteiger partial charge in [0.2, 0.25) is 0 Å². The molecule has 6 heteroatoms. The molecule has 0 spiro atoms. The van der Waals surface area contributed by atoms with E-state index in [1.54, 1.807) is 12.1 Å². The van der Waals surface area contributed by atoms with Gasteiger partial charge in [-0.2, -0.15) is 0 Å². The third-order valence-corrected chi connectivity index (χ3v) is 10.2. The van der Waals surface area contributed by atoms with Gasteiger partial charge in [0, 0.05) is 10.6 Å². The molecular formula is C27H29BFO3P.